The monoisotopic (exact) mass is 377 g/mol. The SMILES string of the molecule is Cc1cnc2nc(C3=Cc4ccc(N5CCN(C)CC5)cc4OC3O)cn2c1. The lowest BCUT2D eigenvalue weighted by atomic mass is 10.0. The first-order valence-electron chi connectivity index (χ1n) is 9.52. The number of aliphatic hydroxyl groups is 1. The third kappa shape index (κ3) is 3.02. The Morgan fingerprint density at radius 2 is 1.96 bits per heavy atom. The molecule has 2 aliphatic heterocycles. The molecule has 4 heterocycles. The van der Waals surface area contributed by atoms with Crippen molar-refractivity contribution in [3.05, 3.63) is 53.6 Å². The number of ether oxygens (including phenoxy) is 1. The number of piperazine rings is 1. The molecule has 0 bridgehead atoms. The lowest BCUT2D eigenvalue weighted by Crippen LogP contribution is -2.44. The second kappa shape index (κ2) is 6.61. The summed E-state index contributed by atoms with van der Waals surface area (Å²) in [6, 6.07) is 6.19. The van der Waals surface area contributed by atoms with Gasteiger partial charge in [0.25, 0.3) is 0 Å². The summed E-state index contributed by atoms with van der Waals surface area (Å²) in [6.07, 6.45) is 6.51. The number of hydrogen-bond acceptors (Lipinski definition) is 6. The van der Waals surface area contributed by atoms with Gasteiger partial charge in [0.05, 0.1) is 5.69 Å². The van der Waals surface area contributed by atoms with Crippen molar-refractivity contribution < 1.29 is 9.84 Å². The molecule has 7 heteroatoms. The van der Waals surface area contributed by atoms with Crippen molar-refractivity contribution in [2.75, 3.05) is 38.1 Å². The number of aromatic nitrogens is 3. The standard InChI is InChI=1S/C21H23N5O2/c1-14-11-22-21-23-18(13-26(21)12-14)17-9-15-3-4-16(10-19(15)28-20(17)27)25-7-5-24(2)6-8-25/h3-4,9-13,20,27H,5-8H2,1-2H3. The van der Waals surface area contributed by atoms with E-state index < -0.39 is 6.29 Å². The Labute approximate surface area is 163 Å². The van der Waals surface area contributed by atoms with Crippen LogP contribution in [-0.2, 0) is 0 Å². The molecule has 1 aromatic carbocycles. The molecule has 2 aliphatic rings. The van der Waals surface area contributed by atoms with Crippen LogP contribution in [-0.4, -0.2) is 63.9 Å². The highest BCUT2D eigenvalue weighted by molar-refractivity contribution is 5.86. The van der Waals surface area contributed by atoms with Crippen LogP contribution in [0.2, 0.25) is 0 Å². The Hall–Kier alpha value is -2.90. The third-order valence-electron chi connectivity index (χ3n) is 5.42. The molecular formula is C21H23N5O2. The summed E-state index contributed by atoms with van der Waals surface area (Å²) in [6.45, 7) is 6.06. The van der Waals surface area contributed by atoms with Gasteiger partial charge >= 0.3 is 0 Å². The average molecular weight is 377 g/mol. The van der Waals surface area contributed by atoms with Gasteiger partial charge in [-0.3, -0.25) is 4.40 Å². The van der Waals surface area contributed by atoms with Crippen LogP contribution in [0.5, 0.6) is 5.75 Å². The molecule has 0 aliphatic carbocycles. The number of hydrogen-bond donors (Lipinski definition) is 1. The molecule has 7 nitrogen and oxygen atoms in total. The van der Waals surface area contributed by atoms with Gasteiger partial charge in [0.15, 0.2) is 0 Å². The van der Waals surface area contributed by atoms with Crippen molar-refractivity contribution in [2.45, 2.75) is 13.2 Å². The van der Waals surface area contributed by atoms with Crippen molar-refractivity contribution in [1.29, 1.82) is 0 Å². The van der Waals surface area contributed by atoms with Crippen molar-refractivity contribution in [2.24, 2.45) is 0 Å². The predicted molar refractivity (Wildman–Crippen MR) is 108 cm³/mol. The fourth-order valence-corrected chi connectivity index (χ4v) is 3.75. The van der Waals surface area contributed by atoms with Crippen molar-refractivity contribution in [1.82, 2.24) is 19.3 Å². The van der Waals surface area contributed by atoms with E-state index in [1.165, 1.54) is 0 Å². The number of likely N-dealkylation sites (N-methyl/N-ethyl adjacent to an activating group) is 1. The largest absolute Gasteiger partial charge is 0.460 e. The van der Waals surface area contributed by atoms with Gasteiger partial charge in [0, 0.05) is 67.7 Å². The van der Waals surface area contributed by atoms with Crippen LogP contribution in [0, 0.1) is 6.92 Å². The van der Waals surface area contributed by atoms with Crippen LogP contribution >= 0.6 is 0 Å². The van der Waals surface area contributed by atoms with Crippen molar-refractivity contribution in [3.8, 4) is 5.75 Å². The predicted octanol–water partition coefficient (Wildman–Crippen LogP) is 2.04. The second-order valence-electron chi connectivity index (χ2n) is 7.55. The molecule has 1 saturated heterocycles. The molecule has 3 aromatic rings. The maximum atomic E-state index is 10.6. The first kappa shape index (κ1) is 17.2. The molecule has 0 saturated carbocycles. The minimum absolute atomic E-state index is 0.602. The van der Waals surface area contributed by atoms with E-state index in [4.69, 9.17) is 4.74 Å². The summed E-state index contributed by atoms with van der Waals surface area (Å²) in [4.78, 5) is 13.5. The molecule has 0 spiro atoms. The van der Waals surface area contributed by atoms with Crippen LogP contribution in [0.25, 0.3) is 17.4 Å². The number of fused-ring (bicyclic) bond motifs is 2. The van der Waals surface area contributed by atoms with Crippen molar-refractivity contribution >= 4 is 23.1 Å². The van der Waals surface area contributed by atoms with Gasteiger partial charge in [-0.15, -0.1) is 0 Å². The molecule has 1 fully saturated rings. The minimum Gasteiger partial charge on any atom is -0.460 e. The maximum Gasteiger partial charge on any atom is 0.234 e. The van der Waals surface area contributed by atoms with Crippen LogP contribution in [0.1, 0.15) is 16.8 Å². The summed E-state index contributed by atoms with van der Waals surface area (Å²) in [5.74, 6) is 1.30. The van der Waals surface area contributed by atoms with Crippen LogP contribution in [0.3, 0.4) is 0 Å². The number of rotatable bonds is 2. The Balaban J connectivity index is 1.47. The number of aliphatic hydroxyl groups excluding tert-OH is 1. The zero-order valence-electron chi connectivity index (χ0n) is 16.0. The number of anilines is 1. The Kier molecular flexibility index (Phi) is 4.07. The van der Waals surface area contributed by atoms with E-state index in [2.05, 4.69) is 32.9 Å². The van der Waals surface area contributed by atoms with Crippen LogP contribution < -0.4 is 9.64 Å². The quantitative estimate of drug-likeness (QED) is 0.737. The van der Waals surface area contributed by atoms with Gasteiger partial charge in [-0.2, -0.15) is 0 Å². The summed E-state index contributed by atoms with van der Waals surface area (Å²) < 4.78 is 7.72. The van der Waals surface area contributed by atoms with E-state index in [1.807, 2.05) is 41.9 Å². The van der Waals surface area contributed by atoms with E-state index in [0.717, 1.165) is 43.0 Å². The van der Waals surface area contributed by atoms with E-state index in [1.54, 1.807) is 6.20 Å². The van der Waals surface area contributed by atoms with E-state index in [-0.39, 0.29) is 0 Å². The Morgan fingerprint density at radius 3 is 2.79 bits per heavy atom. The normalized spacial score (nSPS) is 20.0. The molecule has 0 radical (unpaired) electrons. The second-order valence-corrected chi connectivity index (χ2v) is 7.55. The van der Waals surface area contributed by atoms with Gasteiger partial charge < -0.3 is 19.6 Å². The average Bonchev–Trinajstić information content (AvgIpc) is 3.10. The molecule has 5 rings (SSSR count). The molecule has 0 amide bonds. The summed E-state index contributed by atoms with van der Waals surface area (Å²) in [5.41, 5.74) is 4.43. The van der Waals surface area contributed by atoms with Crippen LogP contribution in [0.15, 0.2) is 36.8 Å². The van der Waals surface area contributed by atoms with Gasteiger partial charge in [-0.05, 0) is 37.7 Å². The van der Waals surface area contributed by atoms with Crippen molar-refractivity contribution in [3.63, 3.8) is 0 Å². The van der Waals surface area contributed by atoms with Gasteiger partial charge in [-0.25, -0.2) is 9.97 Å². The molecular weight excluding hydrogens is 354 g/mol. The Bertz CT molecular complexity index is 1070. The molecule has 1 N–H and O–H groups in total. The fourth-order valence-electron chi connectivity index (χ4n) is 3.75. The smallest absolute Gasteiger partial charge is 0.234 e. The zero-order valence-corrected chi connectivity index (χ0v) is 16.0. The molecule has 28 heavy (non-hydrogen) atoms. The molecule has 2 aromatic heterocycles. The van der Waals surface area contributed by atoms with E-state index in [0.29, 0.717) is 22.8 Å². The van der Waals surface area contributed by atoms with Crippen LogP contribution in [0.4, 0.5) is 5.69 Å². The topological polar surface area (TPSA) is 66.1 Å². The molecule has 1 unspecified atom stereocenters. The Morgan fingerprint density at radius 1 is 1.14 bits per heavy atom. The maximum absolute atomic E-state index is 10.6. The molecule has 144 valence electrons. The summed E-state index contributed by atoms with van der Waals surface area (Å²) in [7, 11) is 2.14. The van der Waals surface area contributed by atoms with Gasteiger partial charge in [0.1, 0.15) is 5.75 Å². The van der Waals surface area contributed by atoms with E-state index >= 15 is 0 Å². The number of imidazole rings is 1. The lowest BCUT2D eigenvalue weighted by Gasteiger charge is -2.34. The summed E-state index contributed by atoms with van der Waals surface area (Å²) >= 11 is 0. The zero-order chi connectivity index (χ0) is 19.3. The highest BCUT2D eigenvalue weighted by Gasteiger charge is 2.25. The van der Waals surface area contributed by atoms with E-state index in [9.17, 15) is 5.11 Å². The van der Waals surface area contributed by atoms with Gasteiger partial charge in [-0.1, -0.05) is 0 Å². The molecule has 1 atom stereocenters. The number of aryl methyl sites for hydroxylation is 1. The highest BCUT2D eigenvalue weighted by atomic mass is 16.6. The first-order chi connectivity index (χ1) is 13.6. The highest BCUT2D eigenvalue weighted by Crippen LogP contribution is 2.36. The lowest BCUT2D eigenvalue weighted by molar-refractivity contribution is 0.0318. The minimum atomic E-state index is -1.05. The van der Waals surface area contributed by atoms with Gasteiger partial charge in [0.2, 0.25) is 12.1 Å². The number of nitrogens with zero attached hydrogens (tertiary/aromatic N) is 5. The first-order valence-corrected chi connectivity index (χ1v) is 9.52. The third-order valence-corrected chi connectivity index (χ3v) is 5.42. The number of benzene rings is 1. The fraction of sp³-hybridized carbons (Fsp3) is 0.333. The summed E-state index contributed by atoms with van der Waals surface area (Å²) in [5, 5.41) is 10.6.